The Morgan fingerprint density at radius 1 is 1.29 bits per heavy atom. The van der Waals surface area contributed by atoms with Gasteiger partial charge in [-0.1, -0.05) is 0 Å². The van der Waals surface area contributed by atoms with E-state index in [9.17, 15) is 9.59 Å². The smallest absolute Gasteiger partial charge is 0.467 e. The van der Waals surface area contributed by atoms with Crippen LogP contribution >= 0.6 is 0 Å². The lowest BCUT2D eigenvalue weighted by Gasteiger charge is -2.38. The molecule has 150 valence electrons. The molecule has 0 bridgehead atoms. The van der Waals surface area contributed by atoms with Crippen LogP contribution in [0.4, 0.5) is 20.6 Å². The molecule has 28 heavy (non-hydrogen) atoms. The van der Waals surface area contributed by atoms with Gasteiger partial charge < -0.3 is 30.1 Å². The summed E-state index contributed by atoms with van der Waals surface area (Å²) in [5, 5.41) is 10.3. The molecule has 3 heterocycles. The molecular weight excluding hydrogens is 373 g/mol. The molecule has 4 rings (SSSR count). The third-order valence-electron chi connectivity index (χ3n) is 5.08. The normalized spacial score (nSPS) is 17.0. The highest BCUT2D eigenvalue weighted by Crippen LogP contribution is 2.44. The van der Waals surface area contributed by atoms with Gasteiger partial charge in [-0.15, -0.1) is 0 Å². The van der Waals surface area contributed by atoms with Crippen molar-refractivity contribution in [1.29, 1.82) is 0 Å². The Balaban J connectivity index is 2.02. The van der Waals surface area contributed by atoms with Crippen LogP contribution in [-0.2, 0) is 0 Å². The number of carbonyl (C=O) groups is 1. The summed E-state index contributed by atoms with van der Waals surface area (Å²) in [6.45, 7) is 2.72. The molecule has 1 aromatic carbocycles. The molecular formula is C17H20FN5O5. The van der Waals surface area contributed by atoms with Gasteiger partial charge in [0.1, 0.15) is 11.2 Å². The topological polar surface area (TPSA) is 114 Å². The highest BCUT2D eigenvalue weighted by Gasteiger charge is 2.32. The number of hydrogen-bond acceptors (Lipinski definition) is 8. The van der Waals surface area contributed by atoms with Gasteiger partial charge in [-0.2, -0.15) is 0 Å². The number of anilines is 2. The molecule has 10 nitrogen and oxygen atoms in total. The maximum Gasteiger partial charge on any atom is 0.511 e. The van der Waals surface area contributed by atoms with Crippen molar-refractivity contribution in [2.75, 3.05) is 62.6 Å². The average Bonchev–Trinajstić information content (AvgIpc) is 2.64. The van der Waals surface area contributed by atoms with Crippen LogP contribution in [-0.4, -0.2) is 67.8 Å². The number of rotatable bonds is 2. The van der Waals surface area contributed by atoms with Crippen LogP contribution in [0, 0.1) is 5.82 Å². The number of pyridine rings is 1. The summed E-state index contributed by atoms with van der Waals surface area (Å²) in [7, 11) is 3.66. The predicted octanol–water partition coefficient (Wildman–Crippen LogP) is 0.449. The zero-order chi connectivity index (χ0) is 20.2. The number of carboxylic acid groups (broad SMARTS) is 1. The summed E-state index contributed by atoms with van der Waals surface area (Å²) in [5.74, 6) is -1.01. The van der Waals surface area contributed by atoms with Gasteiger partial charge in [-0.05, 0) is 7.05 Å². The fourth-order valence-corrected chi connectivity index (χ4v) is 3.60. The number of nitrogen functional groups attached to an aromatic ring is 1. The second-order valence-electron chi connectivity index (χ2n) is 6.89. The van der Waals surface area contributed by atoms with Crippen molar-refractivity contribution < 1.29 is 23.8 Å². The molecule has 0 radical (unpaired) electrons. The standard InChI is InChI=1S/C17H20FN5O5/c1-20-3-5-22(6-4-20)14-11(18)12(19)10-13-16(14)27-8-21(2)23(13)7-9(15(10)24)28-17(25)26/h7H,3-6,8,19H2,1-2H3,(H,25,26). The van der Waals surface area contributed by atoms with Gasteiger partial charge in [0, 0.05) is 33.2 Å². The summed E-state index contributed by atoms with van der Waals surface area (Å²) < 4.78 is 27.2. The second kappa shape index (κ2) is 6.44. The molecule has 1 saturated heterocycles. The largest absolute Gasteiger partial charge is 0.511 e. The molecule has 0 atom stereocenters. The molecule has 2 aliphatic rings. The van der Waals surface area contributed by atoms with Crippen LogP contribution < -0.4 is 30.5 Å². The number of halogens is 1. The lowest BCUT2D eigenvalue weighted by Crippen LogP contribution is -2.46. The molecule has 0 amide bonds. The van der Waals surface area contributed by atoms with Crippen molar-refractivity contribution in [3.63, 3.8) is 0 Å². The Morgan fingerprint density at radius 3 is 2.61 bits per heavy atom. The third kappa shape index (κ3) is 2.66. The lowest BCUT2D eigenvalue weighted by atomic mass is 10.1. The molecule has 1 fully saturated rings. The van der Waals surface area contributed by atoms with Crippen molar-refractivity contribution in [3.8, 4) is 11.5 Å². The quantitative estimate of drug-likeness (QED) is 0.554. The van der Waals surface area contributed by atoms with Crippen molar-refractivity contribution in [2.45, 2.75) is 0 Å². The van der Waals surface area contributed by atoms with E-state index in [-0.39, 0.29) is 34.8 Å². The van der Waals surface area contributed by atoms with Crippen LogP contribution in [0.25, 0.3) is 10.9 Å². The molecule has 0 saturated carbocycles. The van der Waals surface area contributed by atoms with E-state index in [0.29, 0.717) is 13.1 Å². The number of piperazine rings is 1. The number of nitrogens with zero attached hydrogens (tertiary/aromatic N) is 4. The van der Waals surface area contributed by atoms with Crippen LogP contribution in [0.1, 0.15) is 0 Å². The zero-order valence-corrected chi connectivity index (χ0v) is 15.4. The van der Waals surface area contributed by atoms with Crippen molar-refractivity contribution in [3.05, 3.63) is 22.2 Å². The Hall–Kier alpha value is -3.21. The minimum atomic E-state index is -1.65. The second-order valence-corrected chi connectivity index (χ2v) is 6.89. The summed E-state index contributed by atoms with van der Waals surface area (Å²) in [6, 6.07) is 0. The van der Waals surface area contributed by atoms with Crippen LogP contribution in [0.2, 0.25) is 0 Å². The first-order valence-corrected chi connectivity index (χ1v) is 8.68. The first-order chi connectivity index (χ1) is 13.3. The monoisotopic (exact) mass is 393 g/mol. The zero-order valence-electron chi connectivity index (χ0n) is 15.4. The van der Waals surface area contributed by atoms with Crippen molar-refractivity contribution >= 4 is 28.4 Å². The maximum atomic E-state index is 15.3. The summed E-state index contributed by atoms with van der Waals surface area (Å²) in [6.07, 6.45) is -0.400. The predicted molar refractivity (Wildman–Crippen MR) is 101 cm³/mol. The lowest BCUT2D eigenvalue weighted by molar-refractivity contribution is 0.143. The minimum Gasteiger partial charge on any atom is -0.467 e. The molecule has 0 spiro atoms. The van der Waals surface area contributed by atoms with Gasteiger partial charge in [0.15, 0.2) is 18.3 Å². The Labute approximate surface area is 159 Å². The number of benzene rings is 1. The number of ether oxygens (including phenoxy) is 2. The van der Waals surface area contributed by atoms with Gasteiger partial charge in [0.2, 0.25) is 11.2 Å². The van der Waals surface area contributed by atoms with E-state index in [4.69, 9.17) is 15.6 Å². The van der Waals surface area contributed by atoms with Crippen LogP contribution in [0.3, 0.4) is 0 Å². The molecule has 1 aromatic heterocycles. The Kier molecular flexibility index (Phi) is 4.18. The number of nitrogens with two attached hydrogens (primary N) is 1. The van der Waals surface area contributed by atoms with Crippen molar-refractivity contribution in [1.82, 2.24) is 9.58 Å². The first kappa shape index (κ1) is 18.2. The van der Waals surface area contributed by atoms with Crippen LogP contribution in [0.15, 0.2) is 11.0 Å². The van der Waals surface area contributed by atoms with Crippen molar-refractivity contribution in [2.24, 2.45) is 0 Å². The van der Waals surface area contributed by atoms with Gasteiger partial charge in [0.05, 0.1) is 17.3 Å². The summed E-state index contributed by atoms with van der Waals surface area (Å²) >= 11 is 0. The van der Waals surface area contributed by atoms with Gasteiger partial charge in [0.25, 0.3) is 0 Å². The van der Waals surface area contributed by atoms with E-state index in [1.807, 2.05) is 11.9 Å². The Bertz CT molecular complexity index is 1030. The van der Waals surface area contributed by atoms with Gasteiger partial charge >= 0.3 is 6.16 Å². The molecule has 11 heteroatoms. The molecule has 2 aliphatic heterocycles. The minimum absolute atomic E-state index is 0.0710. The molecule has 0 aliphatic carbocycles. The molecule has 2 aromatic rings. The third-order valence-corrected chi connectivity index (χ3v) is 5.08. The molecule has 3 N–H and O–H groups in total. The van der Waals surface area contributed by atoms with Gasteiger partial charge in [-0.25, -0.2) is 9.18 Å². The number of aromatic nitrogens is 1. The SMILES string of the molecule is CN1CCN(c2c(F)c(N)c3c(=O)c(OC(=O)O)cn4c3c2OCN4C)CC1. The van der Waals surface area contributed by atoms with E-state index >= 15 is 4.39 Å². The van der Waals surface area contributed by atoms with E-state index in [0.717, 1.165) is 13.1 Å². The Morgan fingerprint density at radius 2 is 1.96 bits per heavy atom. The maximum absolute atomic E-state index is 15.3. The van der Waals surface area contributed by atoms with E-state index in [1.165, 1.54) is 10.9 Å². The highest BCUT2D eigenvalue weighted by molar-refractivity contribution is 6.01. The summed E-state index contributed by atoms with van der Waals surface area (Å²) in [4.78, 5) is 27.7. The fourth-order valence-electron chi connectivity index (χ4n) is 3.60. The van der Waals surface area contributed by atoms with E-state index in [2.05, 4.69) is 9.64 Å². The van der Waals surface area contributed by atoms with Gasteiger partial charge in [-0.3, -0.25) is 14.5 Å². The van der Waals surface area contributed by atoms with E-state index < -0.39 is 23.2 Å². The van der Waals surface area contributed by atoms with Crippen LogP contribution in [0.5, 0.6) is 11.5 Å². The average molecular weight is 393 g/mol. The molecule has 0 unspecified atom stereocenters. The highest BCUT2D eigenvalue weighted by atomic mass is 19.1. The fraction of sp³-hybridized carbons (Fsp3) is 0.412. The first-order valence-electron chi connectivity index (χ1n) is 8.68. The number of likely N-dealkylation sites (N-methyl/N-ethyl adjacent to an activating group) is 1. The number of hydrogen-bond donors (Lipinski definition) is 2. The summed E-state index contributed by atoms with van der Waals surface area (Å²) in [5.41, 5.74) is 5.34. The van der Waals surface area contributed by atoms with E-state index in [1.54, 1.807) is 12.1 Å².